The number of anilines is 1. The van der Waals surface area contributed by atoms with E-state index >= 15 is 0 Å². The zero-order chi connectivity index (χ0) is 25.7. The fourth-order valence-corrected chi connectivity index (χ4v) is 5.36. The van der Waals surface area contributed by atoms with Crippen LogP contribution in [-0.4, -0.2) is 35.7 Å². The molecule has 36 heavy (non-hydrogen) atoms. The summed E-state index contributed by atoms with van der Waals surface area (Å²) in [7, 11) is 1.50. The molecule has 3 aromatic carbocycles. The molecule has 0 aliphatic carbocycles. The van der Waals surface area contributed by atoms with Gasteiger partial charge in [0.25, 0.3) is 17.1 Å². The number of hydrogen-bond acceptors (Lipinski definition) is 6. The van der Waals surface area contributed by atoms with Crippen molar-refractivity contribution in [1.29, 1.82) is 0 Å². The monoisotopic (exact) mass is 726 g/mol. The van der Waals surface area contributed by atoms with E-state index in [4.69, 9.17) is 9.47 Å². The lowest BCUT2D eigenvalue weighted by atomic mass is 10.1. The summed E-state index contributed by atoms with van der Waals surface area (Å²) >= 11 is 5.20. The smallest absolute Gasteiger partial charge is 0.293 e. The molecule has 10 heteroatoms. The number of nitrogens with zero attached hydrogens (tertiary/aromatic N) is 1. The number of halogens is 2. The van der Waals surface area contributed by atoms with Crippen LogP contribution >= 0.6 is 56.9 Å². The van der Waals surface area contributed by atoms with Gasteiger partial charge in [0.05, 0.1) is 22.1 Å². The average molecular weight is 726 g/mol. The van der Waals surface area contributed by atoms with Crippen molar-refractivity contribution in [3.05, 3.63) is 89.9 Å². The SMILES string of the molecule is COc1cc(/C=C2\SC(=O)N(Cc3ccc(I)cc3)C2=O)cc(I)c1OCC(=O)Nc1ccccc1. The summed E-state index contributed by atoms with van der Waals surface area (Å²) in [5.41, 5.74) is 2.24. The van der Waals surface area contributed by atoms with E-state index in [1.54, 1.807) is 30.3 Å². The number of hydrogen-bond donors (Lipinski definition) is 1. The van der Waals surface area contributed by atoms with Crippen molar-refractivity contribution >= 4 is 85.8 Å². The number of benzene rings is 3. The van der Waals surface area contributed by atoms with Gasteiger partial charge in [-0.05, 0) is 111 Å². The molecule has 1 fully saturated rings. The average Bonchev–Trinajstić information content (AvgIpc) is 3.12. The van der Waals surface area contributed by atoms with Crippen molar-refractivity contribution in [3.8, 4) is 11.5 Å². The fraction of sp³-hybridized carbons (Fsp3) is 0.115. The number of para-hydroxylation sites is 1. The minimum Gasteiger partial charge on any atom is -0.493 e. The van der Waals surface area contributed by atoms with Crippen molar-refractivity contribution in [2.75, 3.05) is 19.0 Å². The molecule has 0 spiro atoms. The van der Waals surface area contributed by atoms with Crippen LogP contribution < -0.4 is 14.8 Å². The van der Waals surface area contributed by atoms with E-state index in [0.717, 1.165) is 20.9 Å². The summed E-state index contributed by atoms with van der Waals surface area (Å²) < 4.78 is 13.0. The molecular weight excluding hydrogens is 706 g/mol. The second-order valence-electron chi connectivity index (χ2n) is 7.63. The van der Waals surface area contributed by atoms with Gasteiger partial charge >= 0.3 is 0 Å². The number of amides is 3. The highest BCUT2D eigenvalue weighted by Crippen LogP contribution is 2.37. The van der Waals surface area contributed by atoms with Crippen LogP contribution in [0.5, 0.6) is 11.5 Å². The summed E-state index contributed by atoms with van der Waals surface area (Å²) in [5, 5.41) is 2.46. The lowest BCUT2D eigenvalue weighted by Gasteiger charge is -2.14. The number of carbonyl (C=O) groups is 3. The highest BCUT2D eigenvalue weighted by Gasteiger charge is 2.35. The molecule has 184 valence electrons. The summed E-state index contributed by atoms with van der Waals surface area (Å²) in [6, 6.07) is 20.3. The van der Waals surface area contributed by atoms with E-state index in [2.05, 4.69) is 50.5 Å². The van der Waals surface area contributed by atoms with Gasteiger partial charge < -0.3 is 14.8 Å². The normalized spacial score (nSPS) is 14.3. The van der Waals surface area contributed by atoms with Gasteiger partial charge in [-0.1, -0.05) is 30.3 Å². The van der Waals surface area contributed by atoms with E-state index in [9.17, 15) is 14.4 Å². The second kappa shape index (κ2) is 12.1. The van der Waals surface area contributed by atoms with Crippen LogP contribution in [0, 0.1) is 7.14 Å². The van der Waals surface area contributed by atoms with Crippen molar-refractivity contribution in [3.63, 3.8) is 0 Å². The largest absolute Gasteiger partial charge is 0.493 e. The Morgan fingerprint density at radius 2 is 1.78 bits per heavy atom. The Hall–Kier alpha value is -2.58. The maximum Gasteiger partial charge on any atom is 0.293 e. The van der Waals surface area contributed by atoms with Gasteiger partial charge in [-0.2, -0.15) is 0 Å². The molecule has 7 nitrogen and oxygen atoms in total. The van der Waals surface area contributed by atoms with Crippen LogP contribution in [-0.2, 0) is 16.1 Å². The number of imide groups is 1. The van der Waals surface area contributed by atoms with E-state index in [1.807, 2.05) is 42.5 Å². The van der Waals surface area contributed by atoms with Crippen LogP contribution in [0.25, 0.3) is 6.08 Å². The molecule has 0 saturated carbocycles. The molecule has 0 radical (unpaired) electrons. The van der Waals surface area contributed by atoms with Crippen LogP contribution in [0.4, 0.5) is 10.5 Å². The number of methoxy groups -OCH3 is 1. The summed E-state index contributed by atoms with van der Waals surface area (Å²) in [5.74, 6) is 0.199. The first-order valence-corrected chi connectivity index (χ1v) is 13.7. The van der Waals surface area contributed by atoms with Crippen LogP contribution in [0.3, 0.4) is 0 Å². The third-order valence-corrected chi connectivity index (χ3v) is 7.51. The molecule has 0 atom stereocenters. The first kappa shape index (κ1) is 26.5. The number of thioether (sulfide) groups is 1. The number of carbonyl (C=O) groups excluding carboxylic acids is 3. The Labute approximate surface area is 239 Å². The predicted octanol–water partition coefficient (Wildman–Crippen LogP) is 6.16. The Balaban J connectivity index is 1.46. The molecule has 1 aliphatic rings. The van der Waals surface area contributed by atoms with Crippen LogP contribution in [0.1, 0.15) is 11.1 Å². The molecule has 1 heterocycles. The second-order valence-corrected chi connectivity index (χ2v) is 11.0. The maximum atomic E-state index is 12.9. The molecule has 4 rings (SSSR count). The van der Waals surface area contributed by atoms with Crippen molar-refractivity contribution in [2.45, 2.75) is 6.54 Å². The third-order valence-electron chi connectivity index (χ3n) is 5.08. The van der Waals surface area contributed by atoms with Crippen molar-refractivity contribution < 1.29 is 23.9 Å². The van der Waals surface area contributed by atoms with Gasteiger partial charge in [0.1, 0.15) is 0 Å². The predicted molar refractivity (Wildman–Crippen MR) is 157 cm³/mol. The quantitative estimate of drug-likeness (QED) is 0.221. The number of rotatable bonds is 8. The van der Waals surface area contributed by atoms with E-state index in [0.29, 0.717) is 31.2 Å². The highest BCUT2D eigenvalue weighted by molar-refractivity contribution is 14.1. The number of nitrogens with one attached hydrogen (secondary N) is 1. The summed E-state index contributed by atoms with van der Waals surface area (Å²) in [6.45, 7) is 0.0234. The minimum absolute atomic E-state index is 0.196. The summed E-state index contributed by atoms with van der Waals surface area (Å²) in [4.78, 5) is 39.3. The van der Waals surface area contributed by atoms with Gasteiger partial charge in [0, 0.05) is 9.26 Å². The van der Waals surface area contributed by atoms with E-state index < -0.39 is 0 Å². The Kier molecular flexibility index (Phi) is 8.90. The fourth-order valence-electron chi connectivity index (χ4n) is 3.38. The van der Waals surface area contributed by atoms with Crippen molar-refractivity contribution in [1.82, 2.24) is 4.90 Å². The topological polar surface area (TPSA) is 84.9 Å². The van der Waals surface area contributed by atoms with E-state index in [-0.39, 0.29) is 30.2 Å². The molecular formula is C26H20I2N2O5S. The Bertz CT molecular complexity index is 1330. The molecule has 1 saturated heterocycles. The molecule has 3 aromatic rings. The first-order valence-electron chi connectivity index (χ1n) is 10.7. The molecule has 0 unspecified atom stereocenters. The molecule has 1 aliphatic heterocycles. The van der Waals surface area contributed by atoms with Gasteiger partial charge in [-0.15, -0.1) is 0 Å². The Morgan fingerprint density at radius 1 is 1.06 bits per heavy atom. The lowest BCUT2D eigenvalue weighted by molar-refractivity contribution is -0.123. The zero-order valence-electron chi connectivity index (χ0n) is 19.0. The van der Waals surface area contributed by atoms with Crippen molar-refractivity contribution in [2.24, 2.45) is 0 Å². The van der Waals surface area contributed by atoms with Crippen LogP contribution in [0.15, 0.2) is 71.6 Å². The zero-order valence-corrected chi connectivity index (χ0v) is 24.1. The van der Waals surface area contributed by atoms with Gasteiger partial charge in [0.2, 0.25) is 0 Å². The minimum atomic E-state index is -0.338. The Morgan fingerprint density at radius 3 is 2.47 bits per heavy atom. The van der Waals surface area contributed by atoms with E-state index in [1.165, 1.54) is 12.0 Å². The van der Waals surface area contributed by atoms with Crippen LogP contribution in [0.2, 0.25) is 0 Å². The highest BCUT2D eigenvalue weighted by atomic mass is 127. The van der Waals surface area contributed by atoms with Gasteiger partial charge in [-0.3, -0.25) is 19.3 Å². The summed E-state index contributed by atoms with van der Waals surface area (Å²) in [6.07, 6.45) is 1.66. The molecule has 0 aromatic heterocycles. The molecule has 0 bridgehead atoms. The maximum absolute atomic E-state index is 12.9. The van der Waals surface area contributed by atoms with Gasteiger partial charge in [0.15, 0.2) is 18.1 Å². The molecule has 1 N–H and O–H groups in total. The standard InChI is InChI=1S/C26H20I2N2O5S/c1-34-21-12-17(11-20(28)24(21)35-15-23(31)29-19-5-3-2-4-6-19)13-22-25(32)30(26(33)36-22)14-16-7-9-18(27)10-8-16/h2-13H,14-15H2,1H3,(H,29,31)/b22-13-. The number of ether oxygens (including phenoxy) is 2. The first-order chi connectivity index (χ1) is 17.3. The van der Waals surface area contributed by atoms with Gasteiger partial charge in [-0.25, -0.2) is 0 Å². The molecule has 3 amide bonds. The third kappa shape index (κ3) is 6.59. The lowest BCUT2D eigenvalue weighted by Crippen LogP contribution is -2.27.